The third-order valence-electron chi connectivity index (χ3n) is 6.42. The third-order valence-corrected chi connectivity index (χ3v) is 6.42. The van der Waals surface area contributed by atoms with Gasteiger partial charge in [-0.15, -0.1) is 0 Å². The molecular formula is C28H54. The molecule has 0 aromatic carbocycles. The number of unbranched alkanes of at least 4 members (excludes halogenated alkanes) is 10. The molecule has 0 aliphatic carbocycles. The van der Waals surface area contributed by atoms with E-state index in [-0.39, 0.29) is 0 Å². The molecule has 0 nitrogen and oxygen atoms in total. The van der Waals surface area contributed by atoms with E-state index in [9.17, 15) is 0 Å². The summed E-state index contributed by atoms with van der Waals surface area (Å²) in [6.07, 6.45) is 34.3. The number of allylic oxidation sites excluding steroid dienone is 4. The Balaban J connectivity index is 3.55. The van der Waals surface area contributed by atoms with Crippen molar-refractivity contribution in [2.24, 2.45) is 11.8 Å². The van der Waals surface area contributed by atoms with Crippen LogP contribution in [0.3, 0.4) is 0 Å². The SMILES string of the molecule is CCCCC/C=C\C/C=C\CCCCCCCCC(CCCC)C(CC)CC. The predicted molar refractivity (Wildman–Crippen MR) is 131 cm³/mol. The molecule has 0 aromatic rings. The van der Waals surface area contributed by atoms with E-state index in [1.807, 2.05) is 0 Å². The molecular weight excluding hydrogens is 336 g/mol. The minimum absolute atomic E-state index is 0.976. The second-order valence-electron chi connectivity index (χ2n) is 8.85. The molecule has 0 saturated carbocycles. The minimum Gasteiger partial charge on any atom is -0.0882 e. The van der Waals surface area contributed by atoms with E-state index in [4.69, 9.17) is 0 Å². The Morgan fingerprint density at radius 3 is 1.54 bits per heavy atom. The van der Waals surface area contributed by atoms with E-state index < -0.39 is 0 Å². The van der Waals surface area contributed by atoms with Crippen molar-refractivity contribution in [3.05, 3.63) is 24.3 Å². The summed E-state index contributed by atoms with van der Waals surface area (Å²) in [4.78, 5) is 0. The molecule has 166 valence electrons. The maximum atomic E-state index is 2.39. The highest BCUT2D eigenvalue weighted by Crippen LogP contribution is 2.29. The van der Waals surface area contributed by atoms with Crippen LogP contribution in [-0.2, 0) is 0 Å². The van der Waals surface area contributed by atoms with E-state index in [0.29, 0.717) is 0 Å². The number of rotatable bonds is 21. The van der Waals surface area contributed by atoms with Crippen molar-refractivity contribution in [2.75, 3.05) is 0 Å². The Morgan fingerprint density at radius 2 is 0.964 bits per heavy atom. The Labute approximate surface area is 179 Å². The van der Waals surface area contributed by atoms with Gasteiger partial charge in [0.25, 0.3) is 0 Å². The maximum absolute atomic E-state index is 2.39. The van der Waals surface area contributed by atoms with Crippen LogP contribution in [0.1, 0.15) is 143 Å². The van der Waals surface area contributed by atoms with Gasteiger partial charge in [-0.2, -0.15) is 0 Å². The summed E-state index contributed by atoms with van der Waals surface area (Å²) in [5, 5.41) is 0. The fraction of sp³-hybridized carbons (Fsp3) is 0.857. The first-order valence-corrected chi connectivity index (χ1v) is 13.1. The quantitative estimate of drug-likeness (QED) is 0.135. The lowest BCUT2D eigenvalue weighted by molar-refractivity contribution is 0.264. The summed E-state index contributed by atoms with van der Waals surface area (Å²) in [7, 11) is 0. The van der Waals surface area contributed by atoms with E-state index in [2.05, 4.69) is 52.0 Å². The topological polar surface area (TPSA) is 0 Å². The standard InChI is InChI=1S/C28H54/c1-5-9-11-12-13-14-15-16-17-18-19-20-21-22-23-24-26-28(25-10-6-2)27(7-3)8-4/h13-14,16-17,27-28H,5-12,15,18-26H2,1-4H3/b14-13-,17-16-. The van der Waals surface area contributed by atoms with Crippen LogP contribution in [0.4, 0.5) is 0 Å². The molecule has 0 radical (unpaired) electrons. The number of hydrogen-bond acceptors (Lipinski definition) is 0. The van der Waals surface area contributed by atoms with Gasteiger partial charge >= 0.3 is 0 Å². The molecule has 0 bridgehead atoms. The van der Waals surface area contributed by atoms with E-state index in [0.717, 1.165) is 18.3 Å². The zero-order chi connectivity index (χ0) is 20.7. The van der Waals surface area contributed by atoms with Crippen molar-refractivity contribution in [3.63, 3.8) is 0 Å². The molecule has 0 aliphatic rings. The van der Waals surface area contributed by atoms with Crippen molar-refractivity contribution in [2.45, 2.75) is 143 Å². The molecule has 0 amide bonds. The molecule has 0 saturated heterocycles. The van der Waals surface area contributed by atoms with E-state index >= 15 is 0 Å². The molecule has 28 heavy (non-hydrogen) atoms. The first kappa shape index (κ1) is 27.5. The van der Waals surface area contributed by atoms with Crippen LogP contribution in [0.25, 0.3) is 0 Å². The molecule has 1 unspecified atom stereocenters. The number of hydrogen-bond donors (Lipinski definition) is 0. The average Bonchev–Trinajstić information content (AvgIpc) is 2.71. The van der Waals surface area contributed by atoms with Crippen molar-refractivity contribution < 1.29 is 0 Å². The Hall–Kier alpha value is -0.520. The van der Waals surface area contributed by atoms with Crippen LogP contribution < -0.4 is 0 Å². The van der Waals surface area contributed by atoms with Crippen molar-refractivity contribution >= 4 is 0 Å². The van der Waals surface area contributed by atoms with Crippen molar-refractivity contribution in [1.29, 1.82) is 0 Å². The van der Waals surface area contributed by atoms with Gasteiger partial charge in [-0.1, -0.05) is 135 Å². The van der Waals surface area contributed by atoms with Crippen LogP contribution in [0, 0.1) is 11.8 Å². The zero-order valence-electron chi connectivity index (χ0n) is 20.2. The summed E-state index contributed by atoms with van der Waals surface area (Å²) in [5.74, 6) is 1.98. The normalized spacial score (nSPS) is 13.3. The van der Waals surface area contributed by atoms with Crippen LogP contribution in [0.15, 0.2) is 24.3 Å². The minimum atomic E-state index is 0.976. The van der Waals surface area contributed by atoms with Gasteiger partial charge in [0.2, 0.25) is 0 Å². The fourth-order valence-corrected chi connectivity index (χ4v) is 4.43. The van der Waals surface area contributed by atoms with Gasteiger partial charge in [-0.25, -0.2) is 0 Å². The Bertz CT molecular complexity index is 334. The van der Waals surface area contributed by atoms with Gasteiger partial charge in [-0.3, -0.25) is 0 Å². The van der Waals surface area contributed by atoms with Crippen molar-refractivity contribution in [3.8, 4) is 0 Å². The summed E-state index contributed by atoms with van der Waals surface area (Å²) in [5.41, 5.74) is 0. The highest BCUT2D eigenvalue weighted by atomic mass is 14.2. The van der Waals surface area contributed by atoms with Gasteiger partial charge in [-0.05, 0) is 43.9 Å². The first-order valence-electron chi connectivity index (χ1n) is 13.1. The lowest BCUT2D eigenvalue weighted by atomic mass is 9.81. The summed E-state index contributed by atoms with van der Waals surface area (Å²) in [6.45, 7) is 9.40. The largest absolute Gasteiger partial charge is 0.0882 e. The lowest BCUT2D eigenvalue weighted by Gasteiger charge is -2.25. The molecule has 0 N–H and O–H groups in total. The monoisotopic (exact) mass is 390 g/mol. The molecule has 0 aliphatic heterocycles. The Morgan fingerprint density at radius 1 is 0.464 bits per heavy atom. The lowest BCUT2D eigenvalue weighted by Crippen LogP contribution is -2.13. The first-order chi connectivity index (χ1) is 13.8. The molecule has 0 heterocycles. The summed E-state index contributed by atoms with van der Waals surface area (Å²) >= 11 is 0. The molecule has 0 aromatic heterocycles. The molecule has 0 rings (SSSR count). The van der Waals surface area contributed by atoms with Crippen LogP contribution in [0.5, 0.6) is 0 Å². The molecule has 0 heteroatoms. The second-order valence-corrected chi connectivity index (χ2v) is 8.85. The van der Waals surface area contributed by atoms with Gasteiger partial charge in [0.1, 0.15) is 0 Å². The third kappa shape index (κ3) is 17.6. The highest BCUT2D eigenvalue weighted by Gasteiger charge is 2.17. The Kier molecular flexibility index (Phi) is 22.3. The van der Waals surface area contributed by atoms with Gasteiger partial charge in [0, 0.05) is 0 Å². The van der Waals surface area contributed by atoms with E-state index in [1.54, 1.807) is 0 Å². The van der Waals surface area contributed by atoms with Crippen molar-refractivity contribution in [1.82, 2.24) is 0 Å². The van der Waals surface area contributed by atoms with Crippen LogP contribution >= 0.6 is 0 Å². The average molecular weight is 391 g/mol. The van der Waals surface area contributed by atoms with Crippen LogP contribution in [0.2, 0.25) is 0 Å². The predicted octanol–water partition coefficient (Wildman–Crippen LogP) is 10.4. The molecule has 0 fully saturated rings. The maximum Gasteiger partial charge on any atom is -0.0169 e. The fourth-order valence-electron chi connectivity index (χ4n) is 4.43. The van der Waals surface area contributed by atoms with Gasteiger partial charge in [0.15, 0.2) is 0 Å². The van der Waals surface area contributed by atoms with Gasteiger partial charge < -0.3 is 0 Å². The van der Waals surface area contributed by atoms with Gasteiger partial charge in [0.05, 0.1) is 0 Å². The van der Waals surface area contributed by atoms with Crippen LogP contribution in [-0.4, -0.2) is 0 Å². The summed E-state index contributed by atoms with van der Waals surface area (Å²) in [6, 6.07) is 0. The highest BCUT2D eigenvalue weighted by molar-refractivity contribution is 4.92. The second kappa shape index (κ2) is 22.8. The molecule has 1 atom stereocenters. The smallest absolute Gasteiger partial charge is 0.0169 e. The van der Waals surface area contributed by atoms with E-state index in [1.165, 1.54) is 109 Å². The zero-order valence-corrected chi connectivity index (χ0v) is 20.2. The summed E-state index contributed by atoms with van der Waals surface area (Å²) < 4.78 is 0. The molecule has 0 spiro atoms.